The molecular formula is C25H22O2. The summed E-state index contributed by atoms with van der Waals surface area (Å²) in [5, 5.41) is 8.66. The Hall–Kier alpha value is -3.39. The second-order valence-corrected chi connectivity index (χ2v) is 6.30. The van der Waals surface area contributed by atoms with E-state index in [0.717, 1.165) is 30.0 Å². The number of hydrogen-bond donors (Lipinski definition) is 1. The van der Waals surface area contributed by atoms with E-state index in [1.54, 1.807) is 6.08 Å². The zero-order valence-electron chi connectivity index (χ0n) is 15.1. The maximum atomic E-state index is 10.5. The van der Waals surface area contributed by atoms with Gasteiger partial charge in [-0.1, -0.05) is 91.0 Å². The molecule has 0 aliphatic carbocycles. The highest BCUT2D eigenvalue weighted by molar-refractivity contribution is 5.85. The van der Waals surface area contributed by atoms with E-state index in [9.17, 15) is 4.79 Å². The van der Waals surface area contributed by atoms with Crippen molar-refractivity contribution in [2.45, 2.75) is 12.8 Å². The Balaban J connectivity index is 1.61. The number of carbonyl (C=O) groups is 1. The normalized spacial score (nSPS) is 11.3. The number of hydrogen-bond acceptors (Lipinski definition) is 1. The van der Waals surface area contributed by atoms with E-state index in [4.69, 9.17) is 5.11 Å². The summed E-state index contributed by atoms with van der Waals surface area (Å²) in [5.74, 6) is -0.935. The molecule has 0 bridgehead atoms. The first-order valence-corrected chi connectivity index (χ1v) is 9.03. The molecule has 1 N–H and O–H groups in total. The molecule has 0 saturated heterocycles. The molecule has 0 aliphatic heterocycles. The maximum Gasteiger partial charge on any atom is 0.328 e. The van der Waals surface area contributed by atoms with Crippen LogP contribution in [0, 0.1) is 0 Å². The molecule has 0 amide bonds. The van der Waals surface area contributed by atoms with Crippen LogP contribution in [0.5, 0.6) is 0 Å². The molecule has 0 saturated carbocycles. The van der Waals surface area contributed by atoms with E-state index >= 15 is 0 Å². The smallest absolute Gasteiger partial charge is 0.328 e. The van der Waals surface area contributed by atoms with E-state index in [1.165, 1.54) is 16.7 Å². The van der Waals surface area contributed by atoms with Gasteiger partial charge in [0.1, 0.15) is 0 Å². The fourth-order valence-corrected chi connectivity index (χ4v) is 2.98. The van der Waals surface area contributed by atoms with Crippen LogP contribution < -0.4 is 0 Å². The van der Waals surface area contributed by atoms with E-state index in [2.05, 4.69) is 60.7 Å². The van der Waals surface area contributed by atoms with Gasteiger partial charge in [0, 0.05) is 6.08 Å². The summed E-state index contributed by atoms with van der Waals surface area (Å²) in [5.41, 5.74) is 5.89. The van der Waals surface area contributed by atoms with E-state index in [0.29, 0.717) is 0 Å². The number of rotatable bonds is 7. The van der Waals surface area contributed by atoms with Crippen LogP contribution >= 0.6 is 0 Å². The molecule has 27 heavy (non-hydrogen) atoms. The summed E-state index contributed by atoms with van der Waals surface area (Å²) in [7, 11) is 0. The van der Waals surface area contributed by atoms with Crippen molar-refractivity contribution in [2.75, 3.05) is 0 Å². The standard InChI is InChI=1S/C25H22O2/c26-25(27)19-18-21-16-14-20(15-17-21)8-4-5-11-23-12-6-7-13-24(23)22-9-2-1-3-10-22/h1-4,6-10,12-19H,5,11H2,(H,26,27). The van der Waals surface area contributed by atoms with E-state index in [-0.39, 0.29) is 0 Å². The Labute approximate surface area is 160 Å². The van der Waals surface area contributed by atoms with Crippen LogP contribution in [0.25, 0.3) is 23.3 Å². The molecule has 3 aromatic carbocycles. The summed E-state index contributed by atoms with van der Waals surface area (Å²) >= 11 is 0. The summed E-state index contributed by atoms with van der Waals surface area (Å²) in [6.45, 7) is 0. The lowest BCUT2D eigenvalue weighted by molar-refractivity contribution is -0.131. The van der Waals surface area contributed by atoms with Crippen molar-refractivity contribution in [3.63, 3.8) is 0 Å². The molecule has 3 aromatic rings. The molecule has 0 unspecified atom stereocenters. The highest BCUT2D eigenvalue weighted by Crippen LogP contribution is 2.24. The summed E-state index contributed by atoms with van der Waals surface area (Å²) < 4.78 is 0. The van der Waals surface area contributed by atoms with Gasteiger partial charge in [-0.3, -0.25) is 0 Å². The molecular weight excluding hydrogens is 332 g/mol. The van der Waals surface area contributed by atoms with Gasteiger partial charge in [0.15, 0.2) is 0 Å². The van der Waals surface area contributed by atoms with Crippen molar-refractivity contribution in [3.8, 4) is 11.1 Å². The third kappa shape index (κ3) is 5.55. The Morgan fingerprint density at radius 3 is 2.11 bits per heavy atom. The van der Waals surface area contributed by atoms with Gasteiger partial charge in [-0.05, 0) is 46.7 Å². The zero-order valence-corrected chi connectivity index (χ0v) is 15.1. The van der Waals surface area contributed by atoms with Crippen LogP contribution in [-0.2, 0) is 11.2 Å². The fourth-order valence-electron chi connectivity index (χ4n) is 2.98. The largest absolute Gasteiger partial charge is 0.478 e. The van der Waals surface area contributed by atoms with Crippen LogP contribution in [0.15, 0.2) is 91.0 Å². The molecule has 134 valence electrons. The number of benzene rings is 3. The molecule has 3 rings (SSSR count). The first-order valence-electron chi connectivity index (χ1n) is 9.03. The van der Waals surface area contributed by atoms with Crippen LogP contribution in [0.4, 0.5) is 0 Å². The topological polar surface area (TPSA) is 37.3 Å². The molecule has 0 atom stereocenters. The monoisotopic (exact) mass is 354 g/mol. The minimum Gasteiger partial charge on any atom is -0.478 e. The van der Waals surface area contributed by atoms with Gasteiger partial charge in [0.25, 0.3) is 0 Å². The first kappa shape index (κ1) is 18.4. The van der Waals surface area contributed by atoms with Crippen LogP contribution in [0.3, 0.4) is 0 Å². The van der Waals surface area contributed by atoms with Crippen LogP contribution in [0.2, 0.25) is 0 Å². The van der Waals surface area contributed by atoms with Gasteiger partial charge in [0.2, 0.25) is 0 Å². The van der Waals surface area contributed by atoms with E-state index < -0.39 is 5.97 Å². The van der Waals surface area contributed by atoms with Gasteiger partial charge < -0.3 is 5.11 Å². The molecule has 2 nitrogen and oxygen atoms in total. The predicted molar refractivity (Wildman–Crippen MR) is 112 cm³/mol. The number of aryl methyl sites for hydroxylation is 1. The summed E-state index contributed by atoms with van der Waals surface area (Å²) in [4.78, 5) is 10.5. The van der Waals surface area contributed by atoms with Gasteiger partial charge in [0.05, 0.1) is 0 Å². The quantitative estimate of drug-likeness (QED) is 0.521. The SMILES string of the molecule is O=C(O)C=Cc1ccc(C=CCCc2ccccc2-c2ccccc2)cc1. The number of aliphatic carboxylic acids is 1. The molecule has 0 spiro atoms. The Bertz CT molecular complexity index is 936. The maximum absolute atomic E-state index is 10.5. The number of carboxylic acids is 1. The average molecular weight is 354 g/mol. The fraction of sp³-hybridized carbons (Fsp3) is 0.0800. The summed E-state index contributed by atoms with van der Waals surface area (Å²) in [6.07, 6.45) is 8.98. The Morgan fingerprint density at radius 1 is 0.778 bits per heavy atom. The van der Waals surface area contributed by atoms with Crippen molar-refractivity contribution in [1.82, 2.24) is 0 Å². The van der Waals surface area contributed by atoms with E-state index in [1.807, 2.05) is 30.3 Å². The minimum absolute atomic E-state index is 0.881. The second-order valence-electron chi connectivity index (χ2n) is 6.30. The van der Waals surface area contributed by atoms with Crippen molar-refractivity contribution in [2.24, 2.45) is 0 Å². The van der Waals surface area contributed by atoms with Crippen molar-refractivity contribution < 1.29 is 9.90 Å². The lowest BCUT2D eigenvalue weighted by Gasteiger charge is -2.08. The predicted octanol–water partition coefficient (Wildman–Crippen LogP) is 6.10. The second kappa shape index (κ2) is 9.35. The Morgan fingerprint density at radius 2 is 1.41 bits per heavy atom. The molecule has 0 radical (unpaired) electrons. The highest BCUT2D eigenvalue weighted by atomic mass is 16.4. The molecule has 0 fully saturated rings. The van der Waals surface area contributed by atoms with Crippen LogP contribution in [0.1, 0.15) is 23.1 Å². The van der Waals surface area contributed by atoms with Crippen molar-refractivity contribution >= 4 is 18.1 Å². The lowest BCUT2D eigenvalue weighted by Crippen LogP contribution is -1.89. The van der Waals surface area contributed by atoms with Crippen molar-refractivity contribution in [3.05, 3.63) is 108 Å². The first-order chi connectivity index (χ1) is 13.2. The van der Waals surface area contributed by atoms with Gasteiger partial charge >= 0.3 is 5.97 Å². The summed E-state index contributed by atoms with van der Waals surface area (Å²) in [6, 6.07) is 26.9. The third-order valence-electron chi connectivity index (χ3n) is 4.35. The highest BCUT2D eigenvalue weighted by Gasteiger charge is 2.02. The molecule has 0 aliphatic rings. The average Bonchev–Trinajstić information content (AvgIpc) is 2.71. The Kier molecular flexibility index (Phi) is 6.37. The van der Waals surface area contributed by atoms with Gasteiger partial charge in [-0.15, -0.1) is 0 Å². The van der Waals surface area contributed by atoms with Crippen LogP contribution in [-0.4, -0.2) is 11.1 Å². The molecule has 2 heteroatoms. The number of allylic oxidation sites excluding steroid dienone is 1. The van der Waals surface area contributed by atoms with Gasteiger partial charge in [-0.2, -0.15) is 0 Å². The zero-order chi connectivity index (χ0) is 18.9. The van der Waals surface area contributed by atoms with Crippen molar-refractivity contribution in [1.29, 1.82) is 0 Å². The third-order valence-corrected chi connectivity index (χ3v) is 4.35. The minimum atomic E-state index is -0.935. The molecule has 0 heterocycles. The number of carboxylic acid groups (broad SMARTS) is 1. The molecule has 0 aromatic heterocycles. The lowest BCUT2D eigenvalue weighted by atomic mass is 9.96. The van der Waals surface area contributed by atoms with Gasteiger partial charge in [-0.25, -0.2) is 4.79 Å².